The lowest BCUT2D eigenvalue weighted by molar-refractivity contribution is 0.0601. The number of amides is 2. The van der Waals surface area contributed by atoms with Crippen LogP contribution in [0.2, 0.25) is 5.02 Å². The molecular formula is C22H19ClN2O5S. The van der Waals surface area contributed by atoms with Crippen LogP contribution in [0.15, 0.2) is 48.5 Å². The Labute approximate surface area is 187 Å². The first-order valence-corrected chi connectivity index (χ1v) is 10.3. The quantitative estimate of drug-likeness (QED) is 0.506. The minimum Gasteiger partial charge on any atom is -0.497 e. The highest BCUT2D eigenvalue weighted by atomic mass is 35.5. The molecule has 7 nitrogen and oxygen atoms in total. The first-order valence-electron chi connectivity index (χ1n) is 9.08. The summed E-state index contributed by atoms with van der Waals surface area (Å²) in [6, 6.07) is 13.4. The number of carbonyl (C=O) groups is 3. The molecule has 0 atom stereocenters. The van der Waals surface area contributed by atoms with E-state index in [1.807, 2.05) is 0 Å². The van der Waals surface area contributed by atoms with Gasteiger partial charge in [0, 0.05) is 11.8 Å². The molecule has 2 amide bonds. The van der Waals surface area contributed by atoms with Crippen LogP contribution in [0.4, 0.5) is 10.7 Å². The molecule has 0 aliphatic rings. The van der Waals surface area contributed by atoms with Crippen LogP contribution in [0.3, 0.4) is 0 Å². The first kappa shape index (κ1) is 22.3. The van der Waals surface area contributed by atoms with Gasteiger partial charge in [-0.25, -0.2) is 4.79 Å². The predicted molar refractivity (Wildman–Crippen MR) is 121 cm³/mol. The summed E-state index contributed by atoms with van der Waals surface area (Å²) in [5.74, 6) is -1.01. The third-order valence-corrected chi connectivity index (χ3v) is 5.95. The summed E-state index contributed by atoms with van der Waals surface area (Å²) in [6.45, 7) is 1.62. The second kappa shape index (κ2) is 9.63. The molecule has 0 saturated heterocycles. The minimum atomic E-state index is -0.663. The van der Waals surface area contributed by atoms with E-state index in [0.717, 1.165) is 11.3 Å². The molecule has 160 valence electrons. The normalized spacial score (nSPS) is 10.3. The molecule has 2 N–H and O–H groups in total. The maximum atomic E-state index is 12.9. The van der Waals surface area contributed by atoms with E-state index in [1.165, 1.54) is 14.2 Å². The van der Waals surface area contributed by atoms with Gasteiger partial charge in [0.2, 0.25) is 0 Å². The van der Waals surface area contributed by atoms with Gasteiger partial charge in [0.1, 0.15) is 10.8 Å². The number of nitrogens with one attached hydrogen (secondary N) is 2. The minimum absolute atomic E-state index is 0.115. The Kier molecular flexibility index (Phi) is 6.94. The molecule has 1 aromatic heterocycles. The van der Waals surface area contributed by atoms with E-state index in [0.29, 0.717) is 17.0 Å². The second-order valence-electron chi connectivity index (χ2n) is 6.37. The van der Waals surface area contributed by atoms with Crippen LogP contribution in [0.1, 0.15) is 36.0 Å². The van der Waals surface area contributed by atoms with Crippen molar-refractivity contribution in [1.82, 2.24) is 0 Å². The zero-order valence-corrected chi connectivity index (χ0v) is 18.5. The standard InChI is InChI=1S/C22H19ClN2O5S/c1-12-17(22(28)30-3)21(25-19(26)15-9-4-5-10-16(15)23)31-18(12)20(27)24-13-7-6-8-14(11-13)29-2/h4-11H,1-3H3,(H,24,27)(H,25,26). The molecule has 0 bridgehead atoms. The zero-order chi connectivity index (χ0) is 22.5. The van der Waals surface area contributed by atoms with Crippen molar-refractivity contribution in [3.8, 4) is 5.75 Å². The molecule has 9 heteroatoms. The van der Waals surface area contributed by atoms with Gasteiger partial charge in [-0.05, 0) is 36.8 Å². The van der Waals surface area contributed by atoms with Crippen molar-refractivity contribution >= 4 is 51.4 Å². The van der Waals surface area contributed by atoms with E-state index in [-0.39, 0.29) is 26.0 Å². The van der Waals surface area contributed by atoms with Gasteiger partial charge in [-0.2, -0.15) is 0 Å². The van der Waals surface area contributed by atoms with Gasteiger partial charge >= 0.3 is 5.97 Å². The van der Waals surface area contributed by atoms with Crippen LogP contribution < -0.4 is 15.4 Å². The molecule has 31 heavy (non-hydrogen) atoms. The van der Waals surface area contributed by atoms with Crippen LogP contribution in [-0.4, -0.2) is 32.0 Å². The van der Waals surface area contributed by atoms with Crippen molar-refractivity contribution in [2.24, 2.45) is 0 Å². The fraction of sp³-hybridized carbons (Fsp3) is 0.136. The molecule has 0 fully saturated rings. The third kappa shape index (κ3) is 4.87. The molecular weight excluding hydrogens is 440 g/mol. The largest absolute Gasteiger partial charge is 0.497 e. The average molecular weight is 459 g/mol. The number of halogens is 1. The van der Waals surface area contributed by atoms with E-state index in [9.17, 15) is 14.4 Å². The lowest BCUT2D eigenvalue weighted by atomic mass is 10.1. The number of thiophene rings is 1. The molecule has 3 rings (SSSR count). The molecule has 0 spiro atoms. The number of esters is 1. The molecule has 1 heterocycles. The van der Waals surface area contributed by atoms with Crippen molar-refractivity contribution in [1.29, 1.82) is 0 Å². The summed E-state index contributed by atoms with van der Waals surface area (Å²) in [4.78, 5) is 38.2. The SMILES string of the molecule is COC(=O)c1c(NC(=O)c2ccccc2Cl)sc(C(=O)Nc2cccc(OC)c2)c1C. The maximum Gasteiger partial charge on any atom is 0.341 e. The number of hydrogen-bond donors (Lipinski definition) is 2. The predicted octanol–water partition coefficient (Wildman–Crippen LogP) is 5.01. The first-order chi connectivity index (χ1) is 14.8. The van der Waals surface area contributed by atoms with Crippen LogP contribution in [0.25, 0.3) is 0 Å². The van der Waals surface area contributed by atoms with Crippen molar-refractivity contribution in [2.75, 3.05) is 24.9 Å². The molecule has 0 radical (unpaired) electrons. The van der Waals surface area contributed by atoms with Crippen LogP contribution in [0, 0.1) is 6.92 Å². The summed E-state index contributed by atoms with van der Waals surface area (Å²) in [6.07, 6.45) is 0. The van der Waals surface area contributed by atoms with Crippen LogP contribution in [-0.2, 0) is 4.74 Å². The fourth-order valence-corrected chi connectivity index (χ4v) is 4.18. The number of carbonyl (C=O) groups excluding carboxylic acids is 3. The zero-order valence-electron chi connectivity index (χ0n) is 16.9. The Morgan fingerprint density at radius 2 is 1.71 bits per heavy atom. The van der Waals surface area contributed by atoms with Gasteiger partial charge in [-0.1, -0.05) is 29.8 Å². The Morgan fingerprint density at radius 1 is 0.968 bits per heavy atom. The fourth-order valence-electron chi connectivity index (χ4n) is 2.87. The van der Waals surface area contributed by atoms with E-state index in [2.05, 4.69) is 10.6 Å². The van der Waals surface area contributed by atoms with Gasteiger partial charge in [-0.3, -0.25) is 9.59 Å². The summed E-state index contributed by atoms with van der Waals surface area (Å²) in [5.41, 5.74) is 1.28. The van der Waals surface area contributed by atoms with E-state index < -0.39 is 17.8 Å². The van der Waals surface area contributed by atoms with E-state index in [4.69, 9.17) is 21.1 Å². The van der Waals surface area contributed by atoms with Crippen molar-refractivity contribution < 1.29 is 23.9 Å². The molecule has 0 unspecified atom stereocenters. The van der Waals surface area contributed by atoms with Gasteiger partial charge < -0.3 is 20.1 Å². The number of hydrogen-bond acceptors (Lipinski definition) is 6. The molecule has 3 aromatic rings. The highest BCUT2D eigenvalue weighted by Gasteiger charge is 2.27. The Balaban J connectivity index is 1.94. The number of rotatable bonds is 6. The monoisotopic (exact) mass is 458 g/mol. The smallest absolute Gasteiger partial charge is 0.341 e. The number of benzene rings is 2. The molecule has 0 aliphatic carbocycles. The van der Waals surface area contributed by atoms with Crippen LogP contribution in [0.5, 0.6) is 5.75 Å². The second-order valence-corrected chi connectivity index (χ2v) is 7.80. The Morgan fingerprint density at radius 3 is 2.39 bits per heavy atom. The summed E-state index contributed by atoms with van der Waals surface area (Å²) >= 11 is 7.07. The summed E-state index contributed by atoms with van der Waals surface area (Å²) < 4.78 is 10.0. The summed E-state index contributed by atoms with van der Waals surface area (Å²) in [7, 11) is 2.76. The highest BCUT2D eigenvalue weighted by molar-refractivity contribution is 7.19. The number of ether oxygens (including phenoxy) is 2. The van der Waals surface area contributed by atoms with Gasteiger partial charge in [-0.15, -0.1) is 11.3 Å². The van der Waals surface area contributed by atoms with Gasteiger partial charge in [0.05, 0.1) is 35.2 Å². The molecule has 0 saturated carbocycles. The van der Waals surface area contributed by atoms with E-state index >= 15 is 0 Å². The molecule has 0 aliphatic heterocycles. The molecule has 2 aromatic carbocycles. The van der Waals surface area contributed by atoms with Crippen molar-refractivity contribution in [3.05, 3.63) is 75.1 Å². The van der Waals surface area contributed by atoms with Gasteiger partial charge in [0.15, 0.2) is 0 Å². The Hall–Kier alpha value is -3.36. The average Bonchev–Trinajstić information content (AvgIpc) is 3.09. The van der Waals surface area contributed by atoms with Crippen molar-refractivity contribution in [3.63, 3.8) is 0 Å². The van der Waals surface area contributed by atoms with E-state index in [1.54, 1.807) is 55.5 Å². The lowest BCUT2D eigenvalue weighted by Crippen LogP contribution is -2.14. The van der Waals surface area contributed by atoms with Gasteiger partial charge in [0.25, 0.3) is 11.8 Å². The highest BCUT2D eigenvalue weighted by Crippen LogP contribution is 2.35. The number of methoxy groups -OCH3 is 2. The third-order valence-electron chi connectivity index (χ3n) is 4.42. The lowest BCUT2D eigenvalue weighted by Gasteiger charge is -2.07. The summed E-state index contributed by atoms with van der Waals surface area (Å²) in [5, 5.41) is 5.91. The van der Waals surface area contributed by atoms with Crippen molar-refractivity contribution in [2.45, 2.75) is 6.92 Å². The van der Waals surface area contributed by atoms with Crippen LogP contribution >= 0.6 is 22.9 Å². The Bertz CT molecular complexity index is 1160. The number of anilines is 2. The topological polar surface area (TPSA) is 93.7 Å². The maximum absolute atomic E-state index is 12.9.